The summed E-state index contributed by atoms with van der Waals surface area (Å²) in [5.41, 5.74) is 1.84. The highest BCUT2D eigenvalue weighted by atomic mass is 16.5. The number of carboxylic acids is 1. The summed E-state index contributed by atoms with van der Waals surface area (Å²) in [6.07, 6.45) is 0.883. The first-order valence-corrected chi connectivity index (χ1v) is 6.74. The molecule has 0 aromatic heterocycles. The number of rotatable bonds is 6. The van der Waals surface area contributed by atoms with Crippen molar-refractivity contribution in [2.45, 2.75) is 40.0 Å². The predicted molar refractivity (Wildman–Crippen MR) is 76.7 cm³/mol. The van der Waals surface area contributed by atoms with Crippen LogP contribution in [-0.4, -0.2) is 18.2 Å². The van der Waals surface area contributed by atoms with E-state index in [9.17, 15) is 9.90 Å². The van der Waals surface area contributed by atoms with E-state index in [1.807, 2.05) is 32.0 Å². The van der Waals surface area contributed by atoms with Crippen LogP contribution in [0.2, 0.25) is 0 Å². The van der Waals surface area contributed by atoms with Crippen molar-refractivity contribution in [2.75, 3.05) is 7.11 Å². The molecule has 3 nitrogen and oxygen atoms in total. The molecule has 0 aliphatic carbocycles. The van der Waals surface area contributed by atoms with Gasteiger partial charge in [-0.1, -0.05) is 38.5 Å². The second kappa shape index (κ2) is 6.60. The second-order valence-corrected chi connectivity index (χ2v) is 5.67. The van der Waals surface area contributed by atoms with Crippen molar-refractivity contribution in [3.8, 4) is 5.75 Å². The van der Waals surface area contributed by atoms with Gasteiger partial charge in [0.1, 0.15) is 5.75 Å². The van der Waals surface area contributed by atoms with Gasteiger partial charge in [0, 0.05) is 5.56 Å². The lowest BCUT2D eigenvalue weighted by Crippen LogP contribution is -2.21. The van der Waals surface area contributed by atoms with E-state index in [4.69, 9.17) is 4.74 Å². The van der Waals surface area contributed by atoms with Crippen LogP contribution in [-0.2, 0) is 4.79 Å². The molecular weight excluding hydrogens is 240 g/mol. The maximum Gasteiger partial charge on any atom is 0.311 e. The number of methoxy groups -OCH3 is 1. The third-order valence-electron chi connectivity index (χ3n) is 3.40. The first-order valence-electron chi connectivity index (χ1n) is 6.74. The van der Waals surface area contributed by atoms with E-state index in [2.05, 4.69) is 13.8 Å². The maximum absolute atomic E-state index is 11.6. The average molecular weight is 264 g/mol. The highest BCUT2D eigenvalue weighted by Gasteiger charge is 2.29. The van der Waals surface area contributed by atoms with Gasteiger partial charge in [0.15, 0.2) is 0 Å². The number of ether oxygens (including phenoxy) is 1. The highest BCUT2D eigenvalue weighted by molar-refractivity contribution is 5.77. The first-order chi connectivity index (χ1) is 8.86. The summed E-state index contributed by atoms with van der Waals surface area (Å²) in [7, 11) is 1.58. The topological polar surface area (TPSA) is 46.5 Å². The molecule has 0 aliphatic heterocycles. The van der Waals surface area contributed by atoms with Gasteiger partial charge in [0.05, 0.1) is 13.0 Å². The van der Waals surface area contributed by atoms with Crippen molar-refractivity contribution in [1.82, 2.24) is 0 Å². The number of hydrogen-bond donors (Lipinski definition) is 1. The summed E-state index contributed by atoms with van der Waals surface area (Å²) in [5.74, 6) is -0.0799. The van der Waals surface area contributed by atoms with Gasteiger partial charge < -0.3 is 9.84 Å². The Bertz CT molecular complexity index is 438. The van der Waals surface area contributed by atoms with Gasteiger partial charge in [-0.3, -0.25) is 4.79 Å². The zero-order valence-electron chi connectivity index (χ0n) is 12.4. The molecule has 19 heavy (non-hydrogen) atoms. The number of hydrogen-bond acceptors (Lipinski definition) is 2. The second-order valence-electron chi connectivity index (χ2n) is 5.67. The van der Waals surface area contributed by atoms with Gasteiger partial charge in [0.25, 0.3) is 0 Å². The Morgan fingerprint density at radius 1 is 1.32 bits per heavy atom. The molecule has 0 saturated heterocycles. The molecule has 0 fully saturated rings. The van der Waals surface area contributed by atoms with Crippen molar-refractivity contribution < 1.29 is 14.6 Å². The zero-order valence-corrected chi connectivity index (χ0v) is 12.4. The Hall–Kier alpha value is -1.51. The fourth-order valence-corrected chi connectivity index (χ4v) is 2.66. The molecule has 0 spiro atoms. The quantitative estimate of drug-likeness (QED) is 0.848. The Kier molecular flexibility index (Phi) is 5.40. The molecule has 0 bridgehead atoms. The van der Waals surface area contributed by atoms with Crippen LogP contribution in [0.3, 0.4) is 0 Å². The Morgan fingerprint density at radius 3 is 2.42 bits per heavy atom. The number of carboxylic acid groups (broad SMARTS) is 1. The number of aliphatic carboxylic acids is 1. The van der Waals surface area contributed by atoms with Crippen LogP contribution in [0, 0.1) is 18.8 Å². The number of aryl methyl sites for hydroxylation is 1. The average Bonchev–Trinajstić information content (AvgIpc) is 2.27. The van der Waals surface area contributed by atoms with Gasteiger partial charge in [-0.2, -0.15) is 0 Å². The largest absolute Gasteiger partial charge is 0.496 e. The molecule has 2 atom stereocenters. The molecule has 0 amide bonds. The lowest BCUT2D eigenvalue weighted by Gasteiger charge is -2.24. The first kappa shape index (κ1) is 15.5. The normalized spacial score (nSPS) is 14.2. The van der Waals surface area contributed by atoms with Crippen molar-refractivity contribution in [3.63, 3.8) is 0 Å². The number of benzene rings is 1. The summed E-state index contributed by atoms with van der Waals surface area (Å²) >= 11 is 0. The van der Waals surface area contributed by atoms with Crippen LogP contribution in [0.1, 0.15) is 44.2 Å². The van der Waals surface area contributed by atoms with E-state index >= 15 is 0 Å². The SMILES string of the molecule is COc1ccc(C)cc1C(C(=O)O)C(C)CC(C)C. The maximum atomic E-state index is 11.6. The van der Waals surface area contributed by atoms with Crippen molar-refractivity contribution in [3.05, 3.63) is 29.3 Å². The van der Waals surface area contributed by atoms with Gasteiger partial charge >= 0.3 is 5.97 Å². The number of carbonyl (C=O) groups is 1. The highest BCUT2D eigenvalue weighted by Crippen LogP contribution is 2.35. The molecule has 1 N–H and O–H groups in total. The minimum atomic E-state index is -0.781. The molecule has 0 radical (unpaired) electrons. The van der Waals surface area contributed by atoms with Crippen molar-refractivity contribution in [1.29, 1.82) is 0 Å². The van der Waals surface area contributed by atoms with Crippen LogP contribution in [0.15, 0.2) is 18.2 Å². The van der Waals surface area contributed by atoms with Gasteiger partial charge in [-0.15, -0.1) is 0 Å². The Morgan fingerprint density at radius 2 is 1.95 bits per heavy atom. The van der Waals surface area contributed by atoms with Crippen LogP contribution >= 0.6 is 0 Å². The van der Waals surface area contributed by atoms with Gasteiger partial charge in [-0.25, -0.2) is 0 Å². The molecule has 3 heteroatoms. The molecule has 1 rings (SSSR count). The van der Waals surface area contributed by atoms with Crippen LogP contribution in [0.25, 0.3) is 0 Å². The Labute approximate surface area is 115 Å². The molecule has 106 valence electrons. The summed E-state index contributed by atoms with van der Waals surface area (Å²) < 4.78 is 5.32. The molecule has 0 heterocycles. The molecule has 0 saturated carbocycles. The molecular formula is C16H24O3. The van der Waals surface area contributed by atoms with Gasteiger partial charge in [-0.05, 0) is 31.2 Å². The predicted octanol–water partition coefficient (Wildman–Crippen LogP) is 3.85. The standard InChI is InChI=1S/C16H24O3/c1-10(2)8-12(4)15(16(17)18)13-9-11(3)6-7-14(13)19-5/h6-7,9-10,12,15H,8H2,1-5H3,(H,17,18). The van der Waals surface area contributed by atoms with E-state index in [1.54, 1.807) is 7.11 Å². The smallest absolute Gasteiger partial charge is 0.311 e. The summed E-state index contributed by atoms with van der Waals surface area (Å²) in [4.78, 5) is 11.6. The lowest BCUT2D eigenvalue weighted by atomic mass is 9.81. The lowest BCUT2D eigenvalue weighted by molar-refractivity contribution is -0.140. The van der Waals surface area contributed by atoms with Crippen LogP contribution in [0.4, 0.5) is 0 Å². The zero-order chi connectivity index (χ0) is 14.6. The molecule has 0 aliphatic rings. The van der Waals surface area contributed by atoms with E-state index in [0.29, 0.717) is 11.7 Å². The monoisotopic (exact) mass is 264 g/mol. The van der Waals surface area contributed by atoms with E-state index < -0.39 is 11.9 Å². The van der Waals surface area contributed by atoms with E-state index in [-0.39, 0.29) is 5.92 Å². The van der Waals surface area contributed by atoms with E-state index in [0.717, 1.165) is 17.5 Å². The van der Waals surface area contributed by atoms with Crippen LogP contribution < -0.4 is 4.74 Å². The van der Waals surface area contributed by atoms with E-state index in [1.165, 1.54) is 0 Å². The third kappa shape index (κ3) is 3.98. The van der Waals surface area contributed by atoms with Crippen molar-refractivity contribution >= 4 is 5.97 Å². The summed E-state index contributed by atoms with van der Waals surface area (Å²) in [5, 5.41) is 9.57. The minimum Gasteiger partial charge on any atom is -0.496 e. The minimum absolute atomic E-state index is 0.0770. The summed E-state index contributed by atoms with van der Waals surface area (Å²) in [6.45, 7) is 8.20. The molecule has 1 aromatic carbocycles. The Balaban J connectivity index is 3.18. The van der Waals surface area contributed by atoms with Gasteiger partial charge in [0.2, 0.25) is 0 Å². The fraction of sp³-hybridized carbons (Fsp3) is 0.562. The van der Waals surface area contributed by atoms with Crippen molar-refractivity contribution in [2.24, 2.45) is 11.8 Å². The third-order valence-corrected chi connectivity index (χ3v) is 3.40. The fourth-order valence-electron chi connectivity index (χ4n) is 2.66. The molecule has 2 unspecified atom stereocenters. The van der Waals surface area contributed by atoms with Crippen LogP contribution in [0.5, 0.6) is 5.75 Å². The molecule has 1 aromatic rings. The summed E-state index contributed by atoms with van der Waals surface area (Å²) in [6, 6.07) is 5.71.